The Morgan fingerprint density at radius 1 is 1.23 bits per heavy atom. The van der Waals surface area contributed by atoms with Crippen LogP contribution in [0.3, 0.4) is 0 Å². The molecule has 1 spiro atoms. The van der Waals surface area contributed by atoms with E-state index in [1.54, 1.807) is 6.07 Å². The monoisotopic (exact) mass is 301 g/mol. The number of nitrogens with one attached hydrogen (secondary N) is 2. The lowest BCUT2D eigenvalue weighted by Crippen LogP contribution is -2.70. The molecule has 2 fully saturated rings. The predicted octanol–water partition coefficient (Wildman–Crippen LogP) is 0.437. The molecule has 2 aliphatic rings. The Morgan fingerprint density at radius 2 is 2.09 bits per heavy atom. The fourth-order valence-corrected chi connectivity index (χ4v) is 3.29. The highest BCUT2D eigenvalue weighted by Crippen LogP contribution is 2.33. The maximum Gasteiger partial charge on any atom is 0.222 e. The maximum atomic E-state index is 13.5. The number of hydrogen-bond acceptors (Lipinski definition) is 5. The van der Waals surface area contributed by atoms with Crippen LogP contribution in [-0.2, 0) is 4.79 Å². The third-order valence-corrected chi connectivity index (χ3v) is 4.31. The summed E-state index contributed by atoms with van der Waals surface area (Å²) < 4.78 is 13.5. The van der Waals surface area contributed by atoms with Crippen LogP contribution in [0.2, 0.25) is 0 Å². The van der Waals surface area contributed by atoms with Crippen LogP contribution in [0.15, 0.2) is 24.5 Å². The molecule has 0 aliphatic carbocycles. The van der Waals surface area contributed by atoms with Gasteiger partial charge in [0.2, 0.25) is 5.91 Å². The first-order valence-electron chi connectivity index (χ1n) is 7.32. The molecule has 1 aromatic heterocycles. The van der Waals surface area contributed by atoms with E-state index in [0.717, 1.165) is 17.9 Å². The minimum atomic E-state index is -0.300. The van der Waals surface area contributed by atoms with E-state index < -0.39 is 0 Å². The number of aromatic nitrogens is 2. The standard InChI is InChI=1S/C15H16FN5O/c16-10-1-2-12-11(5-10)14(19-9-18-12)21-7-15(8-21)6-13(22)17-3-4-20-15/h1-2,5,9,20H,3-4,6-8H2,(H,17,22). The molecule has 2 N–H and O–H groups in total. The topological polar surface area (TPSA) is 70.2 Å². The smallest absolute Gasteiger partial charge is 0.222 e. The van der Waals surface area contributed by atoms with Crippen LogP contribution in [0.1, 0.15) is 6.42 Å². The van der Waals surface area contributed by atoms with E-state index in [2.05, 4.69) is 25.5 Å². The SMILES string of the molecule is O=C1CC2(CN(c3ncnc4ccc(F)cc34)C2)NCCN1. The minimum absolute atomic E-state index is 0.0724. The molecule has 22 heavy (non-hydrogen) atoms. The molecule has 2 saturated heterocycles. The molecular formula is C15H16FN5O. The zero-order valence-corrected chi connectivity index (χ0v) is 12.0. The number of carbonyl (C=O) groups excluding carboxylic acids is 1. The van der Waals surface area contributed by atoms with Crippen molar-refractivity contribution in [2.75, 3.05) is 31.1 Å². The Morgan fingerprint density at radius 3 is 2.95 bits per heavy atom. The third-order valence-electron chi connectivity index (χ3n) is 4.31. The Balaban J connectivity index is 1.62. The first kappa shape index (κ1) is 13.4. The van der Waals surface area contributed by atoms with Crippen molar-refractivity contribution in [3.63, 3.8) is 0 Å². The highest BCUT2D eigenvalue weighted by Gasteiger charge is 2.45. The van der Waals surface area contributed by atoms with Crippen LogP contribution in [0.4, 0.5) is 10.2 Å². The molecule has 2 aliphatic heterocycles. The fourth-order valence-electron chi connectivity index (χ4n) is 3.29. The van der Waals surface area contributed by atoms with Crippen molar-refractivity contribution in [2.45, 2.75) is 12.0 Å². The summed E-state index contributed by atoms with van der Waals surface area (Å²) in [6.07, 6.45) is 1.95. The van der Waals surface area contributed by atoms with Crippen LogP contribution in [0, 0.1) is 5.82 Å². The number of nitrogens with zero attached hydrogens (tertiary/aromatic N) is 3. The number of fused-ring (bicyclic) bond motifs is 1. The zero-order valence-electron chi connectivity index (χ0n) is 12.0. The summed E-state index contributed by atoms with van der Waals surface area (Å²) >= 11 is 0. The molecule has 6 nitrogen and oxygen atoms in total. The Bertz CT molecular complexity index is 744. The number of anilines is 1. The summed E-state index contributed by atoms with van der Waals surface area (Å²) in [6.45, 7) is 2.78. The molecule has 1 amide bonds. The first-order chi connectivity index (χ1) is 10.7. The van der Waals surface area contributed by atoms with Gasteiger partial charge in [-0.1, -0.05) is 0 Å². The van der Waals surface area contributed by atoms with Gasteiger partial charge in [-0.15, -0.1) is 0 Å². The zero-order chi connectivity index (χ0) is 15.2. The number of benzene rings is 1. The molecule has 0 saturated carbocycles. The number of carbonyl (C=O) groups is 1. The van der Waals surface area contributed by atoms with Crippen molar-refractivity contribution >= 4 is 22.6 Å². The Labute approximate surface area is 126 Å². The van der Waals surface area contributed by atoms with Gasteiger partial charge in [-0.3, -0.25) is 4.79 Å². The first-order valence-corrected chi connectivity index (χ1v) is 7.32. The van der Waals surface area contributed by atoms with Crippen LogP contribution in [-0.4, -0.2) is 47.6 Å². The van der Waals surface area contributed by atoms with Crippen molar-refractivity contribution in [1.82, 2.24) is 20.6 Å². The van der Waals surface area contributed by atoms with E-state index in [4.69, 9.17) is 0 Å². The average molecular weight is 301 g/mol. The molecule has 0 unspecified atom stereocenters. The molecule has 1 aromatic carbocycles. The summed E-state index contributed by atoms with van der Waals surface area (Å²) in [5, 5.41) is 7.01. The number of halogens is 1. The van der Waals surface area contributed by atoms with E-state index in [-0.39, 0.29) is 17.3 Å². The molecule has 0 radical (unpaired) electrons. The number of amides is 1. The van der Waals surface area contributed by atoms with E-state index in [9.17, 15) is 9.18 Å². The lowest BCUT2D eigenvalue weighted by atomic mass is 9.86. The van der Waals surface area contributed by atoms with Crippen LogP contribution in [0.5, 0.6) is 0 Å². The van der Waals surface area contributed by atoms with Crippen molar-refractivity contribution in [1.29, 1.82) is 0 Å². The Kier molecular flexibility index (Phi) is 2.97. The second-order valence-electron chi connectivity index (χ2n) is 5.95. The van der Waals surface area contributed by atoms with Crippen molar-refractivity contribution in [3.05, 3.63) is 30.3 Å². The summed E-state index contributed by atoms with van der Waals surface area (Å²) in [7, 11) is 0. The molecule has 2 aromatic rings. The van der Waals surface area contributed by atoms with Crippen LogP contribution < -0.4 is 15.5 Å². The van der Waals surface area contributed by atoms with Gasteiger partial charge in [0.25, 0.3) is 0 Å². The molecule has 0 atom stereocenters. The second kappa shape index (κ2) is 4.88. The van der Waals surface area contributed by atoms with Crippen LogP contribution >= 0.6 is 0 Å². The molecule has 3 heterocycles. The maximum absolute atomic E-state index is 13.5. The van der Waals surface area contributed by atoms with E-state index in [1.165, 1.54) is 18.5 Å². The van der Waals surface area contributed by atoms with Gasteiger partial charge in [-0.25, -0.2) is 14.4 Å². The Hall–Kier alpha value is -2.28. The molecule has 0 bridgehead atoms. The van der Waals surface area contributed by atoms with Gasteiger partial charge in [0, 0.05) is 38.0 Å². The van der Waals surface area contributed by atoms with Gasteiger partial charge in [-0.05, 0) is 18.2 Å². The lowest BCUT2D eigenvalue weighted by molar-refractivity contribution is -0.122. The van der Waals surface area contributed by atoms with Gasteiger partial charge < -0.3 is 15.5 Å². The predicted molar refractivity (Wildman–Crippen MR) is 80.1 cm³/mol. The summed E-state index contributed by atoms with van der Waals surface area (Å²) in [5.41, 5.74) is 0.518. The summed E-state index contributed by atoms with van der Waals surface area (Å²) in [5.74, 6) is 0.496. The minimum Gasteiger partial charge on any atom is -0.355 e. The third kappa shape index (κ3) is 2.18. The van der Waals surface area contributed by atoms with Gasteiger partial charge in [-0.2, -0.15) is 0 Å². The quantitative estimate of drug-likeness (QED) is 0.800. The summed E-state index contributed by atoms with van der Waals surface area (Å²) in [4.78, 5) is 22.3. The van der Waals surface area contributed by atoms with Crippen LogP contribution in [0.25, 0.3) is 10.9 Å². The highest BCUT2D eigenvalue weighted by molar-refractivity contribution is 5.90. The number of hydrogen-bond donors (Lipinski definition) is 2. The van der Waals surface area contributed by atoms with Gasteiger partial charge in [0.1, 0.15) is 18.0 Å². The van der Waals surface area contributed by atoms with E-state index in [0.29, 0.717) is 31.4 Å². The van der Waals surface area contributed by atoms with Crippen molar-refractivity contribution in [3.8, 4) is 0 Å². The molecular weight excluding hydrogens is 285 g/mol. The number of rotatable bonds is 1. The van der Waals surface area contributed by atoms with E-state index in [1.807, 2.05) is 0 Å². The largest absolute Gasteiger partial charge is 0.355 e. The second-order valence-corrected chi connectivity index (χ2v) is 5.95. The molecule has 4 rings (SSSR count). The normalized spacial score (nSPS) is 20.6. The fraction of sp³-hybridized carbons (Fsp3) is 0.400. The molecule has 7 heteroatoms. The van der Waals surface area contributed by atoms with E-state index >= 15 is 0 Å². The van der Waals surface area contributed by atoms with Crippen molar-refractivity contribution in [2.24, 2.45) is 0 Å². The summed E-state index contributed by atoms with van der Waals surface area (Å²) in [6, 6.07) is 4.51. The average Bonchev–Trinajstić information content (AvgIpc) is 2.67. The lowest BCUT2D eigenvalue weighted by Gasteiger charge is -2.50. The van der Waals surface area contributed by atoms with Gasteiger partial charge >= 0.3 is 0 Å². The van der Waals surface area contributed by atoms with Gasteiger partial charge in [0.05, 0.1) is 11.1 Å². The van der Waals surface area contributed by atoms with Crippen molar-refractivity contribution < 1.29 is 9.18 Å². The highest BCUT2D eigenvalue weighted by atomic mass is 19.1. The molecule has 114 valence electrons. The van der Waals surface area contributed by atoms with Gasteiger partial charge in [0.15, 0.2) is 0 Å².